The number of hydrogen-bond acceptors (Lipinski definition) is 1. The minimum Gasteiger partial charge on any atom is -0.340 e. The van der Waals surface area contributed by atoms with Crippen LogP contribution in [-0.2, 0) is 6.54 Å². The molecule has 0 unspecified atom stereocenters. The molecule has 2 aromatic rings. The fourth-order valence-corrected chi connectivity index (χ4v) is 2.95. The van der Waals surface area contributed by atoms with E-state index in [2.05, 4.69) is 20.5 Å². The van der Waals surface area contributed by atoms with Gasteiger partial charge in [-0.15, -0.1) is 0 Å². The molecular weight excluding hydrogens is 328 g/mol. The van der Waals surface area contributed by atoms with Gasteiger partial charge in [-0.1, -0.05) is 28.1 Å². The highest BCUT2D eigenvalue weighted by Crippen LogP contribution is 2.33. The normalized spacial score (nSPS) is 14.8. The predicted octanol–water partition coefficient (Wildman–Crippen LogP) is 4.25. The smallest absolute Gasteiger partial charge is 0.270 e. The average Bonchev–Trinajstić information content (AvgIpc) is 2.87. The van der Waals surface area contributed by atoms with Crippen molar-refractivity contribution in [3.8, 4) is 0 Å². The van der Waals surface area contributed by atoms with Crippen LogP contribution in [0.25, 0.3) is 0 Å². The van der Waals surface area contributed by atoms with Gasteiger partial charge in [-0.05, 0) is 49.1 Å². The van der Waals surface area contributed by atoms with Crippen LogP contribution in [0, 0.1) is 0 Å². The van der Waals surface area contributed by atoms with Gasteiger partial charge in [-0.25, -0.2) is 0 Å². The summed E-state index contributed by atoms with van der Waals surface area (Å²) in [5.74, 6) is 0.0924. The third-order valence-electron chi connectivity index (χ3n) is 4.15. The van der Waals surface area contributed by atoms with E-state index >= 15 is 0 Å². The summed E-state index contributed by atoms with van der Waals surface area (Å²) in [6.45, 7) is 0.627. The van der Waals surface area contributed by atoms with Crippen LogP contribution in [0.15, 0.2) is 47.1 Å². The van der Waals surface area contributed by atoms with Gasteiger partial charge in [-0.2, -0.15) is 0 Å². The van der Waals surface area contributed by atoms with Gasteiger partial charge in [0, 0.05) is 30.3 Å². The molecule has 1 aliphatic carbocycles. The van der Waals surface area contributed by atoms with Crippen LogP contribution in [0.4, 0.5) is 0 Å². The molecule has 0 aliphatic heterocycles. The van der Waals surface area contributed by atoms with Crippen LogP contribution in [-0.4, -0.2) is 22.4 Å². The van der Waals surface area contributed by atoms with Crippen molar-refractivity contribution >= 4 is 21.8 Å². The molecule has 0 N–H and O–H groups in total. The molecule has 0 radical (unpaired) electrons. The number of carbonyl (C=O) groups is 1. The molecule has 1 aromatic heterocycles. The Morgan fingerprint density at radius 2 is 2.00 bits per heavy atom. The van der Waals surface area contributed by atoms with Crippen molar-refractivity contribution in [2.45, 2.75) is 31.8 Å². The summed E-state index contributed by atoms with van der Waals surface area (Å²) in [4.78, 5) is 14.4. The van der Waals surface area contributed by atoms with Crippen molar-refractivity contribution in [1.82, 2.24) is 9.47 Å². The van der Waals surface area contributed by atoms with E-state index in [0.717, 1.165) is 15.7 Å². The average molecular weight is 347 g/mol. The van der Waals surface area contributed by atoms with Gasteiger partial charge in [-0.3, -0.25) is 4.79 Å². The van der Waals surface area contributed by atoms with E-state index in [9.17, 15) is 4.79 Å². The topological polar surface area (TPSA) is 25.2 Å². The Balaban J connectivity index is 1.72. The third kappa shape index (κ3) is 3.05. The number of nitrogens with zero attached hydrogens (tertiary/aromatic N) is 2. The van der Waals surface area contributed by atoms with E-state index in [0.29, 0.717) is 12.6 Å². The molecule has 1 saturated carbocycles. The fourth-order valence-electron chi connectivity index (χ4n) is 2.69. The first-order chi connectivity index (χ1) is 10.1. The summed E-state index contributed by atoms with van der Waals surface area (Å²) in [5.41, 5.74) is 1.94. The first kappa shape index (κ1) is 14.4. The SMILES string of the molecule is CN(Cc1ccc(Br)cc1)C(=O)c1cccn1C1CCC1. The summed E-state index contributed by atoms with van der Waals surface area (Å²) in [6, 6.07) is 12.5. The standard InChI is InChI=1S/C17H19BrN2O/c1-19(12-13-7-9-14(18)10-8-13)17(21)16-6-3-11-20(16)15-4-2-5-15/h3,6-11,15H,2,4-5,12H2,1H3. The number of carbonyl (C=O) groups excluding carboxylic acids is 1. The fraction of sp³-hybridized carbons (Fsp3) is 0.353. The monoisotopic (exact) mass is 346 g/mol. The molecule has 1 heterocycles. The second-order valence-electron chi connectivity index (χ2n) is 5.67. The van der Waals surface area contributed by atoms with E-state index < -0.39 is 0 Å². The maximum atomic E-state index is 12.6. The van der Waals surface area contributed by atoms with Crippen LogP contribution in [0.1, 0.15) is 41.4 Å². The molecule has 1 amide bonds. The molecule has 1 aromatic carbocycles. The highest BCUT2D eigenvalue weighted by molar-refractivity contribution is 9.10. The minimum atomic E-state index is 0.0924. The van der Waals surface area contributed by atoms with Crippen molar-refractivity contribution in [2.24, 2.45) is 0 Å². The first-order valence-corrected chi connectivity index (χ1v) is 8.11. The zero-order valence-electron chi connectivity index (χ0n) is 12.1. The number of amides is 1. The first-order valence-electron chi connectivity index (χ1n) is 7.32. The zero-order chi connectivity index (χ0) is 14.8. The lowest BCUT2D eigenvalue weighted by molar-refractivity contribution is 0.0768. The maximum Gasteiger partial charge on any atom is 0.270 e. The molecule has 21 heavy (non-hydrogen) atoms. The molecule has 3 rings (SSSR count). The minimum absolute atomic E-state index is 0.0924. The molecule has 0 saturated heterocycles. The van der Waals surface area contributed by atoms with Crippen LogP contribution < -0.4 is 0 Å². The molecule has 3 nitrogen and oxygen atoms in total. The lowest BCUT2D eigenvalue weighted by Crippen LogP contribution is -2.30. The summed E-state index contributed by atoms with van der Waals surface area (Å²) >= 11 is 3.43. The highest BCUT2D eigenvalue weighted by atomic mass is 79.9. The Labute approximate surface area is 133 Å². The van der Waals surface area contributed by atoms with Gasteiger partial charge in [0.1, 0.15) is 5.69 Å². The summed E-state index contributed by atoms with van der Waals surface area (Å²) in [7, 11) is 1.86. The number of halogens is 1. The molecule has 0 atom stereocenters. The number of benzene rings is 1. The maximum absolute atomic E-state index is 12.6. The van der Waals surface area contributed by atoms with Crippen LogP contribution in [0.2, 0.25) is 0 Å². The van der Waals surface area contributed by atoms with Gasteiger partial charge in [0.25, 0.3) is 5.91 Å². The molecule has 110 valence electrons. The third-order valence-corrected chi connectivity index (χ3v) is 4.67. The molecule has 0 spiro atoms. The van der Waals surface area contributed by atoms with Crippen LogP contribution in [0.3, 0.4) is 0 Å². The van der Waals surface area contributed by atoms with Gasteiger partial charge in [0.2, 0.25) is 0 Å². The quantitative estimate of drug-likeness (QED) is 0.812. The van der Waals surface area contributed by atoms with Crippen LogP contribution in [0.5, 0.6) is 0 Å². The second-order valence-corrected chi connectivity index (χ2v) is 6.59. The van der Waals surface area contributed by atoms with E-state index in [1.807, 2.05) is 49.6 Å². The highest BCUT2D eigenvalue weighted by Gasteiger charge is 2.24. The van der Waals surface area contributed by atoms with Crippen molar-refractivity contribution in [3.63, 3.8) is 0 Å². The number of aromatic nitrogens is 1. The Hall–Kier alpha value is -1.55. The molecule has 1 fully saturated rings. The van der Waals surface area contributed by atoms with E-state index in [4.69, 9.17) is 0 Å². The lowest BCUT2D eigenvalue weighted by Gasteiger charge is -2.29. The Kier molecular flexibility index (Phi) is 4.15. The Morgan fingerprint density at radius 1 is 1.29 bits per heavy atom. The second kappa shape index (κ2) is 6.06. The van der Waals surface area contributed by atoms with Crippen LogP contribution >= 0.6 is 15.9 Å². The predicted molar refractivity (Wildman–Crippen MR) is 87.3 cm³/mol. The summed E-state index contributed by atoms with van der Waals surface area (Å²) in [6.07, 6.45) is 5.67. The number of hydrogen-bond donors (Lipinski definition) is 0. The Bertz CT molecular complexity index is 628. The molecule has 0 bridgehead atoms. The summed E-state index contributed by atoms with van der Waals surface area (Å²) < 4.78 is 3.20. The van der Waals surface area contributed by atoms with E-state index in [1.165, 1.54) is 19.3 Å². The molecule has 1 aliphatic rings. The van der Waals surface area contributed by atoms with Gasteiger partial charge < -0.3 is 9.47 Å². The van der Waals surface area contributed by atoms with Gasteiger partial charge in [0.05, 0.1) is 0 Å². The largest absolute Gasteiger partial charge is 0.340 e. The van der Waals surface area contributed by atoms with Crippen molar-refractivity contribution in [3.05, 3.63) is 58.3 Å². The lowest BCUT2D eigenvalue weighted by atomic mass is 9.93. The van der Waals surface area contributed by atoms with Gasteiger partial charge in [0.15, 0.2) is 0 Å². The Morgan fingerprint density at radius 3 is 2.62 bits per heavy atom. The van der Waals surface area contributed by atoms with E-state index in [-0.39, 0.29) is 5.91 Å². The summed E-state index contributed by atoms with van der Waals surface area (Å²) in [5, 5.41) is 0. The molecule has 4 heteroatoms. The van der Waals surface area contributed by atoms with Gasteiger partial charge >= 0.3 is 0 Å². The van der Waals surface area contributed by atoms with Crippen molar-refractivity contribution < 1.29 is 4.79 Å². The van der Waals surface area contributed by atoms with Crippen molar-refractivity contribution in [2.75, 3.05) is 7.05 Å². The zero-order valence-corrected chi connectivity index (χ0v) is 13.7. The number of rotatable bonds is 4. The van der Waals surface area contributed by atoms with E-state index in [1.54, 1.807) is 4.90 Å². The van der Waals surface area contributed by atoms with Crippen molar-refractivity contribution in [1.29, 1.82) is 0 Å². The molecular formula is C17H19BrN2O.